The topological polar surface area (TPSA) is 135 Å². The fraction of sp³-hybridized carbons (Fsp3) is 0. The fourth-order valence-corrected chi connectivity index (χ4v) is 7.95. The quantitative estimate of drug-likeness (QED) is 0.326. The monoisotopic (exact) mass is 510 g/mol. The molecule has 168 valence electrons. The summed E-state index contributed by atoms with van der Waals surface area (Å²) in [7, 11) is -19.5. The van der Waals surface area contributed by atoms with Crippen LogP contribution in [0.3, 0.4) is 0 Å². The highest BCUT2D eigenvalue weighted by molar-refractivity contribution is 8.17. The Bertz CT molecular complexity index is 1320. The predicted octanol–water partition coefficient (Wildman–Crippen LogP) is 1.48. The summed E-state index contributed by atoms with van der Waals surface area (Å²) in [4.78, 5) is 5.53. The van der Waals surface area contributed by atoms with Crippen molar-refractivity contribution in [1.29, 1.82) is 0 Å². The van der Waals surface area contributed by atoms with Gasteiger partial charge in [0.05, 0.1) is 0 Å². The molecular weight excluding hydrogens is 506 g/mol. The first-order chi connectivity index (χ1) is 14.1. The molecule has 31 heavy (non-hydrogen) atoms. The van der Waals surface area contributed by atoms with E-state index >= 15 is 0 Å². The van der Waals surface area contributed by atoms with Crippen LogP contribution in [-0.4, -0.2) is 34.4 Å². The predicted molar refractivity (Wildman–Crippen MR) is 85.9 cm³/mol. The Hall–Kier alpha value is -2.79. The molecule has 0 saturated carbocycles. The van der Waals surface area contributed by atoms with Gasteiger partial charge in [-0.25, -0.2) is 48.0 Å². The average Bonchev–Trinajstić information content (AvgIpc) is 2.50. The van der Waals surface area contributed by atoms with Crippen molar-refractivity contribution in [3.8, 4) is 0 Å². The van der Waals surface area contributed by atoms with Crippen LogP contribution in [0, 0.1) is 34.9 Å². The number of sulfonamides is 2. The van der Waals surface area contributed by atoms with E-state index in [0.717, 1.165) is 0 Å². The summed E-state index contributed by atoms with van der Waals surface area (Å²) in [5.74, 6) is -12.9. The van der Waals surface area contributed by atoms with Crippen molar-refractivity contribution in [3.05, 3.63) is 59.2 Å². The van der Waals surface area contributed by atoms with Crippen LogP contribution in [0.15, 0.2) is 38.5 Å². The Kier molecular flexibility index (Phi) is 6.35. The summed E-state index contributed by atoms with van der Waals surface area (Å²) in [6.45, 7) is 0. The van der Waals surface area contributed by atoms with Crippen molar-refractivity contribution in [3.63, 3.8) is 0 Å². The molecule has 0 heterocycles. The number of rotatable bonds is 6. The maximum absolute atomic E-state index is 14.0. The Morgan fingerprint density at radius 1 is 0.645 bits per heavy atom. The van der Waals surface area contributed by atoms with Crippen LogP contribution in [0.2, 0.25) is 0 Å². The third-order valence-electron chi connectivity index (χ3n) is 3.18. The van der Waals surface area contributed by atoms with Crippen molar-refractivity contribution < 1.29 is 56.4 Å². The van der Waals surface area contributed by atoms with Crippen LogP contribution in [0.25, 0.3) is 0 Å². The maximum Gasteiger partial charge on any atom is 0.360 e. The van der Waals surface area contributed by atoms with Gasteiger partial charge in [0.1, 0.15) is 34.9 Å². The molecule has 0 saturated heterocycles. The SMILES string of the molecule is O=C=NS(=O)(=O)N(S(=O)(=O)c1c(F)cc(F)cc1F)S(=O)(=O)c1c(F)cc(F)cc1F. The van der Waals surface area contributed by atoms with E-state index in [1.807, 2.05) is 4.40 Å². The van der Waals surface area contributed by atoms with Crippen molar-refractivity contribution in [1.82, 2.24) is 3.12 Å². The minimum atomic E-state index is -6.57. The zero-order valence-corrected chi connectivity index (χ0v) is 16.5. The van der Waals surface area contributed by atoms with Crippen LogP contribution in [0.1, 0.15) is 0 Å². The number of carbonyl (C=O) groups excluding carboxylic acids is 1. The molecule has 0 atom stereocenters. The van der Waals surface area contributed by atoms with Gasteiger partial charge in [0.25, 0.3) is 26.1 Å². The van der Waals surface area contributed by atoms with E-state index in [0.29, 0.717) is 0 Å². The van der Waals surface area contributed by atoms with Crippen molar-refractivity contribution in [2.75, 3.05) is 0 Å². The molecule has 0 aliphatic heterocycles. The molecule has 9 nitrogen and oxygen atoms in total. The molecule has 0 spiro atoms. The summed E-state index contributed by atoms with van der Waals surface area (Å²) < 4.78 is 156. The minimum Gasteiger partial charge on any atom is -0.210 e. The molecule has 0 unspecified atom stereocenters. The second-order valence-corrected chi connectivity index (χ2v) is 10.8. The lowest BCUT2D eigenvalue weighted by Gasteiger charge is -2.20. The lowest BCUT2D eigenvalue weighted by Crippen LogP contribution is -2.42. The van der Waals surface area contributed by atoms with Crippen LogP contribution < -0.4 is 0 Å². The number of hydrogen-bond donors (Lipinski definition) is 0. The second kappa shape index (κ2) is 8.04. The first-order valence-corrected chi connectivity index (χ1v) is 11.3. The standard InChI is InChI=1S/C13H4F6N2O7S3/c14-6-1-8(16)12(9(17)2-6)29(23,24)21(31(27,28)20-5-22)30(25,26)13-10(18)3-7(15)4-11(13)19/h1-4H. The molecule has 0 aliphatic carbocycles. The van der Waals surface area contributed by atoms with E-state index in [2.05, 4.69) is 0 Å². The van der Waals surface area contributed by atoms with Crippen LogP contribution in [-0.2, 0) is 35.1 Å². The highest BCUT2D eigenvalue weighted by Gasteiger charge is 2.51. The number of isocyanates is 1. The summed E-state index contributed by atoms with van der Waals surface area (Å²) in [5, 5.41) is 0. The van der Waals surface area contributed by atoms with Crippen molar-refractivity contribution >= 4 is 36.3 Å². The van der Waals surface area contributed by atoms with Gasteiger partial charge in [-0.1, -0.05) is 4.40 Å². The van der Waals surface area contributed by atoms with E-state index in [1.165, 1.54) is 0 Å². The molecule has 0 bridgehead atoms. The van der Waals surface area contributed by atoms with Crippen molar-refractivity contribution in [2.24, 2.45) is 4.40 Å². The maximum atomic E-state index is 14.0. The largest absolute Gasteiger partial charge is 0.360 e. The molecular formula is C13H4F6N2O7S3. The third-order valence-corrected chi connectivity index (χ3v) is 9.94. The zero-order valence-electron chi connectivity index (χ0n) is 14.1. The zero-order chi connectivity index (χ0) is 23.9. The van der Waals surface area contributed by atoms with Gasteiger partial charge < -0.3 is 0 Å². The molecule has 2 rings (SSSR count). The Labute approximate surface area is 169 Å². The lowest BCUT2D eigenvalue weighted by atomic mass is 10.3. The van der Waals surface area contributed by atoms with Gasteiger partial charge in [0, 0.05) is 27.4 Å². The smallest absolute Gasteiger partial charge is 0.210 e. The molecule has 0 radical (unpaired) electrons. The Balaban J connectivity index is 3.04. The van der Waals surface area contributed by atoms with Crippen LogP contribution in [0.4, 0.5) is 26.3 Å². The number of hydrogen-bond acceptors (Lipinski definition) is 7. The molecule has 0 aliphatic rings. The van der Waals surface area contributed by atoms with E-state index in [1.54, 1.807) is 0 Å². The van der Waals surface area contributed by atoms with Gasteiger partial charge >= 0.3 is 10.2 Å². The molecule has 18 heteroatoms. The first kappa shape index (κ1) is 24.5. The highest BCUT2D eigenvalue weighted by Crippen LogP contribution is 2.33. The summed E-state index contributed by atoms with van der Waals surface area (Å²) in [6, 6.07) is -1.18. The van der Waals surface area contributed by atoms with E-state index in [-0.39, 0.29) is 30.3 Å². The fourth-order valence-electron chi connectivity index (χ4n) is 2.16. The van der Waals surface area contributed by atoms with Gasteiger partial charge in [-0.15, -0.1) is 0 Å². The molecule has 0 aromatic heterocycles. The minimum absolute atomic E-state index is 0.234. The number of nitrogens with zero attached hydrogens (tertiary/aromatic N) is 2. The highest BCUT2D eigenvalue weighted by atomic mass is 32.3. The van der Waals surface area contributed by atoms with Gasteiger partial charge in [0.15, 0.2) is 9.79 Å². The lowest BCUT2D eigenvalue weighted by molar-refractivity contribution is 0.480. The van der Waals surface area contributed by atoms with Gasteiger partial charge in [0.2, 0.25) is 0 Å². The first-order valence-electron chi connectivity index (χ1n) is 7.01. The molecule has 0 N–H and O–H groups in total. The summed E-state index contributed by atoms with van der Waals surface area (Å²) in [5.41, 5.74) is 0. The number of benzene rings is 2. The van der Waals surface area contributed by atoms with Crippen molar-refractivity contribution in [2.45, 2.75) is 9.79 Å². The Morgan fingerprint density at radius 2 is 0.935 bits per heavy atom. The van der Waals surface area contributed by atoms with E-state index in [9.17, 15) is 56.4 Å². The van der Waals surface area contributed by atoms with Gasteiger partial charge in [-0.2, -0.15) is 8.42 Å². The summed E-state index contributed by atoms with van der Waals surface area (Å²) in [6.07, 6.45) is 0.234. The third kappa shape index (κ3) is 4.33. The molecule has 2 aromatic carbocycles. The molecule has 0 fully saturated rings. The van der Waals surface area contributed by atoms with Gasteiger partial charge in [-0.3, -0.25) is 0 Å². The molecule has 0 amide bonds. The van der Waals surface area contributed by atoms with Gasteiger partial charge in [-0.05, 0) is 0 Å². The van der Waals surface area contributed by atoms with Crippen LogP contribution >= 0.6 is 0 Å². The van der Waals surface area contributed by atoms with E-state index < -0.39 is 78.1 Å². The average molecular weight is 510 g/mol. The second-order valence-electron chi connectivity index (χ2n) is 5.20. The Morgan fingerprint density at radius 3 is 1.19 bits per heavy atom. The van der Waals surface area contributed by atoms with E-state index in [4.69, 9.17) is 0 Å². The van der Waals surface area contributed by atoms with Crippen LogP contribution in [0.5, 0.6) is 0 Å². The normalized spacial score (nSPS) is 12.6. The summed E-state index contributed by atoms with van der Waals surface area (Å²) >= 11 is 0. The number of halogens is 6. The molecule has 2 aromatic rings.